The summed E-state index contributed by atoms with van der Waals surface area (Å²) in [6, 6.07) is 14.6. The standard InChI is InChI=1S/C22H25N3S/c1-23-18-25(17-21-10-6-14-26-21)16-20-15-24(13-11-22(20)23)12-5-9-19-7-3-2-4-8-19/h2-4,6-8,10,14H,11-13,15-18H2,1H3. The van der Waals surface area contributed by atoms with Gasteiger partial charge in [-0.15, -0.1) is 11.3 Å². The molecule has 0 radical (unpaired) electrons. The van der Waals surface area contributed by atoms with E-state index in [1.54, 1.807) is 11.3 Å². The van der Waals surface area contributed by atoms with Crippen molar-refractivity contribution in [2.24, 2.45) is 0 Å². The highest BCUT2D eigenvalue weighted by molar-refractivity contribution is 7.09. The molecular weight excluding hydrogens is 338 g/mol. The third kappa shape index (κ3) is 4.19. The molecule has 0 amide bonds. The fourth-order valence-corrected chi connectivity index (χ4v) is 4.57. The van der Waals surface area contributed by atoms with Gasteiger partial charge in [-0.2, -0.15) is 0 Å². The second-order valence-corrected chi connectivity index (χ2v) is 8.12. The average molecular weight is 364 g/mol. The first-order valence-corrected chi connectivity index (χ1v) is 10.1. The van der Waals surface area contributed by atoms with Gasteiger partial charge in [0.1, 0.15) is 0 Å². The van der Waals surface area contributed by atoms with E-state index in [0.29, 0.717) is 0 Å². The SMILES string of the molecule is CN1CN(Cc2cccs2)CC2=C1CCN(CC#Cc1ccccc1)C2. The quantitative estimate of drug-likeness (QED) is 0.773. The van der Waals surface area contributed by atoms with Crippen molar-refractivity contribution in [1.82, 2.24) is 14.7 Å². The second kappa shape index (κ2) is 8.09. The minimum Gasteiger partial charge on any atom is -0.365 e. The molecule has 1 aromatic heterocycles. The summed E-state index contributed by atoms with van der Waals surface area (Å²) in [5.74, 6) is 6.64. The third-order valence-corrected chi connectivity index (χ3v) is 5.90. The molecule has 0 atom stereocenters. The Kier molecular flexibility index (Phi) is 5.40. The van der Waals surface area contributed by atoms with Gasteiger partial charge in [0.2, 0.25) is 0 Å². The molecule has 2 aliphatic heterocycles. The number of hydrogen-bond acceptors (Lipinski definition) is 4. The Hall–Kier alpha value is -2.06. The van der Waals surface area contributed by atoms with Gasteiger partial charge in [0.25, 0.3) is 0 Å². The van der Waals surface area contributed by atoms with E-state index >= 15 is 0 Å². The summed E-state index contributed by atoms with van der Waals surface area (Å²) in [7, 11) is 2.24. The van der Waals surface area contributed by atoms with E-state index in [-0.39, 0.29) is 0 Å². The normalized spacial score (nSPS) is 18.4. The zero-order valence-electron chi connectivity index (χ0n) is 15.3. The summed E-state index contributed by atoms with van der Waals surface area (Å²) in [6.45, 7) is 6.17. The summed E-state index contributed by atoms with van der Waals surface area (Å²) in [6.07, 6.45) is 1.14. The van der Waals surface area contributed by atoms with Crippen LogP contribution in [0.1, 0.15) is 16.9 Å². The number of hydrogen-bond donors (Lipinski definition) is 0. The Bertz CT molecular complexity index is 814. The van der Waals surface area contributed by atoms with E-state index in [9.17, 15) is 0 Å². The van der Waals surface area contributed by atoms with Crippen molar-refractivity contribution in [2.75, 3.05) is 39.9 Å². The molecule has 0 fully saturated rings. The lowest BCUT2D eigenvalue weighted by atomic mass is 10.0. The van der Waals surface area contributed by atoms with Crippen LogP contribution in [0.4, 0.5) is 0 Å². The molecule has 3 heterocycles. The first kappa shape index (κ1) is 17.4. The summed E-state index contributed by atoms with van der Waals surface area (Å²) in [5, 5.41) is 2.17. The molecule has 26 heavy (non-hydrogen) atoms. The van der Waals surface area contributed by atoms with Crippen molar-refractivity contribution in [3.63, 3.8) is 0 Å². The summed E-state index contributed by atoms with van der Waals surface area (Å²) in [4.78, 5) is 8.92. The minimum absolute atomic E-state index is 0.848. The number of nitrogens with zero attached hydrogens (tertiary/aromatic N) is 3. The van der Waals surface area contributed by atoms with Crippen LogP contribution >= 0.6 is 11.3 Å². The van der Waals surface area contributed by atoms with E-state index < -0.39 is 0 Å². The Morgan fingerprint density at radius 2 is 1.88 bits per heavy atom. The molecule has 0 spiro atoms. The van der Waals surface area contributed by atoms with E-state index in [4.69, 9.17) is 0 Å². The van der Waals surface area contributed by atoms with Crippen LogP contribution in [0.15, 0.2) is 59.1 Å². The van der Waals surface area contributed by atoms with Gasteiger partial charge in [0.05, 0.1) is 13.2 Å². The summed E-state index contributed by atoms with van der Waals surface area (Å²) >= 11 is 1.85. The maximum absolute atomic E-state index is 3.35. The van der Waals surface area contributed by atoms with Crippen LogP contribution in [-0.2, 0) is 6.54 Å². The van der Waals surface area contributed by atoms with Crippen molar-refractivity contribution in [1.29, 1.82) is 0 Å². The van der Waals surface area contributed by atoms with Crippen LogP contribution in [-0.4, -0.2) is 54.6 Å². The molecule has 0 aliphatic carbocycles. The van der Waals surface area contributed by atoms with Crippen molar-refractivity contribution in [3.8, 4) is 11.8 Å². The first-order valence-electron chi connectivity index (χ1n) is 9.21. The van der Waals surface area contributed by atoms with E-state index in [1.807, 2.05) is 29.5 Å². The molecule has 0 N–H and O–H groups in total. The molecule has 0 unspecified atom stereocenters. The lowest BCUT2D eigenvalue weighted by Gasteiger charge is -2.42. The van der Waals surface area contributed by atoms with Gasteiger partial charge in [-0.1, -0.05) is 36.1 Å². The molecule has 0 bridgehead atoms. The van der Waals surface area contributed by atoms with Gasteiger partial charge < -0.3 is 4.90 Å². The Labute approximate surface area is 160 Å². The van der Waals surface area contributed by atoms with Crippen LogP contribution < -0.4 is 0 Å². The predicted octanol–water partition coefficient (Wildman–Crippen LogP) is 3.46. The first-order chi connectivity index (χ1) is 12.8. The van der Waals surface area contributed by atoms with Gasteiger partial charge in [0.15, 0.2) is 0 Å². The number of rotatable bonds is 3. The molecule has 0 saturated carbocycles. The molecule has 1 aromatic carbocycles. The summed E-state index contributed by atoms with van der Waals surface area (Å²) < 4.78 is 0. The highest BCUT2D eigenvalue weighted by Crippen LogP contribution is 2.26. The molecule has 2 aliphatic rings. The highest BCUT2D eigenvalue weighted by atomic mass is 32.1. The van der Waals surface area contributed by atoms with Crippen LogP contribution in [0.3, 0.4) is 0 Å². The Balaban J connectivity index is 1.38. The van der Waals surface area contributed by atoms with Gasteiger partial charge in [-0.05, 0) is 29.2 Å². The summed E-state index contributed by atoms with van der Waals surface area (Å²) in [5.41, 5.74) is 4.23. The number of benzene rings is 1. The largest absolute Gasteiger partial charge is 0.365 e. The Morgan fingerprint density at radius 1 is 1.04 bits per heavy atom. The van der Waals surface area contributed by atoms with E-state index in [1.165, 1.54) is 4.88 Å². The second-order valence-electron chi connectivity index (χ2n) is 7.08. The molecular formula is C22H25N3S. The van der Waals surface area contributed by atoms with Crippen LogP contribution in [0.5, 0.6) is 0 Å². The van der Waals surface area contributed by atoms with Crippen molar-refractivity contribution in [2.45, 2.75) is 13.0 Å². The molecule has 4 heteroatoms. The van der Waals surface area contributed by atoms with Crippen molar-refractivity contribution >= 4 is 11.3 Å². The maximum Gasteiger partial charge on any atom is 0.0706 e. The minimum atomic E-state index is 0.848. The Morgan fingerprint density at radius 3 is 2.69 bits per heavy atom. The van der Waals surface area contributed by atoms with Gasteiger partial charge in [0, 0.05) is 55.8 Å². The monoisotopic (exact) mass is 363 g/mol. The molecule has 4 rings (SSSR count). The van der Waals surface area contributed by atoms with Crippen LogP contribution in [0.25, 0.3) is 0 Å². The van der Waals surface area contributed by atoms with E-state index in [2.05, 4.69) is 63.2 Å². The lowest BCUT2D eigenvalue weighted by molar-refractivity contribution is 0.138. The molecule has 0 saturated heterocycles. The van der Waals surface area contributed by atoms with Gasteiger partial charge in [-0.3, -0.25) is 9.80 Å². The van der Waals surface area contributed by atoms with Crippen LogP contribution in [0, 0.1) is 11.8 Å². The van der Waals surface area contributed by atoms with Crippen LogP contribution in [0.2, 0.25) is 0 Å². The molecule has 134 valence electrons. The molecule has 3 nitrogen and oxygen atoms in total. The van der Waals surface area contributed by atoms with Gasteiger partial charge >= 0.3 is 0 Å². The highest BCUT2D eigenvalue weighted by Gasteiger charge is 2.27. The lowest BCUT2D eigenvalue weighted by Crippen LogP contribution is -2.47. The predicted molar refractivity (Wildman–Crippen MR) is 109 cm³/mol. The fraction of sp³-hybridized carbons (Fsp3) is 0.364. The molecule has 2 aromatic rings. The maximum atomic E-state index is 3.35. The average Bonchev–Trinajstić information content (AvgIpc) is 3.15. The zero-order valence-corrected chi connectivity index (χ0v) is 16.1. The fourth-order valence-electron chi connectivity index (χ4n) is 3.83. The zero-order chi connectivity index (χ0) is 17.8. The van der Waals surface area contributed by atoms with Gasteiger partial charge in [-0.25, -0.2) is 0 Å². The third-order valence-electron chi connectivity index (χ3n) is 5.04. The van der Waals surface area contributed by atoms with Crippen molar-refractivity contribution in [3.05, 3.63) is 69.6 Å². The smallest absolute Gasteiger partial charge is 0.0706 e. The van der Waals surface area contributed by atoms with Crippen molar-refractivity contribution < 1.29 is 0 Å². The topological polar surface area (TPSA) is 9.72 Å². The number of thiophene rings is 1. The van der Waals surface area contributed by atoms with E-state index in [0.717, 1.165) is 51.4 Å².